The van der Waals surface area contributed by atoms with E-state index in [2.05, 4.69) is 9.97 Å². The monoisotopic (exact) mass is 284 g/mol. The molecule has 1 aromatic rings. The van der Waals surface area contributed by atoms with Crippen LogP contribution in [0, 0.1) is 0 Å². The minimum atomic E-state index is -1.07. The maximum atomic E-state index is 10.0. The molecular weight excluding hydrogens is 269 g/mol. The van der Waals surface area contributed by atoms with E-state index in [1.807, 2.05) is 5.80 Å². The highest BCUT2D eigenvalue weighted by molar-refractivity contribution is 7.66. The van der Waals surface area contributed by atoms with Gasteiger partial charge in [0.1, 0.15) is 24.4 Å². The van der Waals surface area contributed by atoms with Crippen LogP contribution in [0.2, 0.25) is 0 Å². The Morgan fingerprint density at radius 3 is 2.84 bits per heavy atom. The Balaban J connectivity index is 1.92. The Kier molecular flexibility index (Phi) is 3.24. The Morgan fingerprint density at radius 1 is 1.37 bits per heavy atom. The summed E-state index contributed by atoms with van der Waals surface area (Å²) in [6, 6.07) is 0. The number of ether oxygens (including phenoxy) is 1. The van der Waals surface area contributed by atoms with Crippen LogP contribution < -0.4 is 11.2 Å². The van der Waals surface area contributed by atoms with Gasteiger partial charge in [0.25, 0.3) is 5.85 Å². The van der Waals surface area contributed by atoms with Crippen LogP contribution in [0.1, 0.15) is 5.56 Å². The zero-order chi connectivity index (χ0) is 13.6. The number of hydrogen-bond acceptors (Lipinski definition) is 7. The van der Waals surface area contributed by atoms with Crippen molar-refractivity contribution in [3.63, 3.8) is 0 Å². The Hall–Kier alpha value is -1.11. The maximum absolute atomic E-state index is 10.0. The molecule has 1 saturated heterocycles. The lowest BCUT2D eigenvalue weighted by Gasteiger charge is -2.09. The second-order valence-corrected chi connectivity index (χ2v) is 6.70. The van der Waals surface area contributed by atoms with Crippen molar-refractivity contribution < 1.29 is 20.1 Å². The summed E-state index contributed by atoms with van der Waals surface area (Å²) in [7, 11) is -0.976. The van der Waals surface area contributed by atoms with Gasteiger partial charge in [-0.2, -0.15) is 4.98 Å². The molecule has 5 N–H and O–H groups in total. The first-order chi connectivity index (χ1) is 9.13. The Morgan fingerprint density at radius 2 is 2.16 bits per heavy atom. The van der Waals surface area contributed by atoms with Gasteiger partial charge in [-0.15, -0.1) is 0 Å². The normalized spacial score (nSPS) is 35.2. The number of rotatable bonds is 2. The topological polar surface area (TPSA) is 122 Å². The fraction of sp³-hybridized carbons (Fsp3) is 0.545. The van der Waals surface area contributed by atoms with Crippen LogP contribution in [0.3, 0.4) is 0 Å². The maximum Gasteiger partial charge on any atom is 0.250 e. The minimum Gasteiger partial charge on any atom is -0.394 e. The van der Waals surface area contributed by atoms with Crippen molar-refractivity contribution in [3.8, 4) is 0 Å². The lowest BCUT2D eigenvalue weighted by atomic mass is 10.2. The van der Waals surface area contributed by atoms with Crippen molar-refractivity contribution in [2.24, 2.45) is 0 Å². The zero-order valence-corrected chi connectivity index (χ0v) is 10.9. The molecule has 5 atom stereocenters. The molecule has 0 aliphatic carbocycles. The Bertz CT molecular complexity index is 539. The highest BCUT2D eigenvalue weighted by Gasteiger charge is 2.52. The van der Waals surface area contributed by atoms with Crippen LogP contribution in [0.4, 0.5) is 5.82 Å². The molecule has 2 aliphatic rings. The van der Waals surface area contributed by atoms with Gasteiger partial charge in [0.2, 0.25) is 5.44 Å². The molecule has 0 saturated carbocycles. The van der Waals surface area contributed by atoms with E-state index >= 15 is 0 Å². The summed E-state index contributed by atoms with van der Waals surface area (Å²) in [4.78, 5) is 8.17. The molecule has 102 valence electrons. The fourth-order valence-electron chi connectivity index (χ4n) is 2.44. The quantitative estimate of drug-likeness (QED) is 0.462. The molecule has 3 rings (SSSR count). The van der Waals surface area contributed by atoms with E-state index < -0.39 is 31.7 Å². The largest absolute Gasteiger partial charge is 0.394 e. The van der Waals surface area contributed by atoms with Crippen LogP contribution >= 0.6 is 7.55 Å². The van der Waals surface area contributed by atoms with Crippen LogP contribution in [0.15, 0.2) is 6.33 Å². The van der Waals surface area contributed by atoms with Gasteiger partial charge < -0.3 is 25.8 Å². The predicted octanol–water partition coefficient (Wildman–Crippen LogP) is -2.04. The number of aliphatic hydroxyl groups is 3. The molecule has 2 aliphatic heterocycles. The standard InChI is InChI=1S/C11H15N3O4P/c12-9-5-1-2-19(10(5)14-4-13-9)11-8(17)7(16)6(3-15)18-11/h2,4,6-8,11,15-17H,1,3H2,(H2,12,13,14)/q+1/t6-,7-,8-,11?/m1/s1. The van der Waals surface area contributed by atoms with Crippen LogP contribution in [-0.4, -0.2) is 61.8 Å². The van der Waals surface area contributed by atoms with E-state index in [1.54, 1.807) is 0 Å². The third-order valence-electron chi connectivity index (χ3n) is 3.48. The minimum absolute atomic E-state index is 0.323. The van der Waals surface area contributed by atoms with Gasteiger partial charge in [0.05, 0.1) is 18.0 Å². The van der Waals surface area contributed by atoms with Gasteiger partial charge >= 0.3 is 0 Å². The summed E-state index contributed by atoms with van der Waals surface area (Å²) < 4.78 is 5.56. The first kappa shape index (κ1) is 12.9. The molecule has 0 bridgehead atoms. The van der Waals surface area contributed by atoms with E-state index in [1.165, 1.54) is 6.33 Å². The van der Waals surface area contributed by atoms with Crippen molar-refractivity contribution in [1.29, 1.82) is 0 Å². The third-order valence-corrected chi connectivity index (χ3v) is 5.91. The molecule has 0 amide bonds. The van der Waals surface area contributed by atoms with Gasteiger partial charge in [-0.05, 0) is 0 Å². The van der Waals surface area contributed by atoms with E-state index in [0.717, 1.165) is 11.0 Å². The van der Waals surface area contributed by atoms with Crippen LogP contribution in [-0.2, 0) is 11.2 Å². The summed E-state index contributed by atoms with van der Waals surface area (Å²) in [6.07, 6.45) is -0.820. The molecule has 8 heteroatoms. The van der Waals surface area contributed by atoms with E-state index in [9.17, 15) is 10.2 Å². The second-order valence-electron chi connectivity index (χ2n) is 4.58. The van der Waals surface area contributed by atoms with E-state index in [4.69, 9.17) is 15.6 Å². The molecule has 1 fully saturated rings. The molecule has 7 nitrogen and oxygen atoms in total. The number of nitrogens with two attached hydrogens (primary N) is 1. The second kappa shape index (κ2) is 4.77. The van der Waals surface area contributed by atoms with Crippen molar-refractivity contribution in [1.82, 2.24) is 9.97 Å². The summed E-state index contributed by atoms with van der Waals surface area (Å²) in [6.45, 7) is -0.323. The number of anilines is 1. The smallest absolute Gasteiger partial charge is 0.250 e. The molecule has 19 heavy (non-hydrogen) atoms. The number of nitrogens with zero attached hydrogens (tertiary/aromatic N) is 2. The van der Waals surface area contributed by atoms with Gasteiger partial charge in [0.15, 0.2) is 13.6 Å². The number of fused-ring (bicyclic) bond motifs is 1. The van der Waals surface area contributed by atoms with Gasteiger partial charge in [-0.25, -0.2) is 4.98 Å². The number of hydrogen-bond donors (Lipinski definition) is 4. The first-order valence-corrected chi connectivity index (χ1v) is 7.45. The van der Waals surface area contributed by atoms with Crippen molar-refractivity contribution in [2.75, 3.05) is 12.3 Å². The highest BCUT2D eigenvalue weighted by Crippen LogP contribution is 2.42. The molecular formula is C11H15N3O4P+. The molecule has 3 heterocycles. The van der Waals surface area contributed by atoms with Crippen molar-refractivity contribution in [3.05, 3.63) is 11.9 Å². The van der Waals surface area contributed by atoms with Crippen LogP contribution in [0.5, 0.6) is 0 Å². The molecule has 0 aromatic carbocycles. The third kappa shape index (κ3) is 1.94. The Labute approximate surface area is 110 Å². The summed E-state index contributed by atoms with van der Waals surface area (Å²) in [5.74, 6) is 1.89. The summed E-state index contributed by atoms with van der Waals surface area (Å²) in [5.41, 5.74) is 7.45. The molecule has 2 unspecified atom stereocenters. The lowest BCUT2D eigenvalue weighted by molar-refractivity contribution is -0.00833. The lowest BCUT2D eigenvalue weighted by Crippen LogP contribution is -2.33. The first-order valence-electron chi connectivity index (χ1n) is 5.97. The highest BCUT2D eigenvalue weighted by atomic mass is 31.1. The fourth-order valence-corrected chi connectivity index (χ4v) is 4.94. The van der Waals surface area contributed by atoms with Crippen molar-refractivity contribution >= 4 is 24.6 Å². The zero-order valence-electron chi connectivity index (χ0n) is 10.0. The van der Waals surface area contributed by atoms with Gasteiger partial charge in [-0.1, -0.05) is 0 Å². The average molecular weight is 284 g/mol. The summed E-state index contributed by atoms with van der Waals surface area (Å²) in [5, 5.41) is 29.0. The van der Waals surface area contributed by atoms with Crippen LogP contribution in [0.25, 0.3) is 0 Å². The SMILES string of the molecule is Nc1ncnc2c1CC=[P+]2C1O[C@H](CO)[C@@H](O)[C@H]1O. The molecule has 0 spiro atoms. The van der Waals surface area contributed by atoms with Gasteiger partial charge in [0, 0.05) is 6.42 Å². The van der Waals surface area contributed by atoms with E-state index in [0.29, 0.717) is 12.2 Å². The number of aromatic nitrogens is 2. The molecule has 0 radical (unpaired) electrons. The number of aliphatic hydroxyl groups excluding tert-OH is 3. The summed E-state index contributed by atoms with van der Waals surface area (Å²) >= 11 is 0. The van der Waals surface area contributed by atoms with Gasteiger partial charge in [-0.3, -0.25) is 0 Å². The van der Waals surface area contributed by atoms with E-state index in [-0.39, 0.29) is 6.61 Å². The van der Waals surface area contributed by atoms with Crippen molar-refractivity contribution in [2.45, 2.75) is 30.6 Å². The number of nitrogen functional groups attached to an aromatic ring is 1. The predicted molar refractivity (Wildman–Crippen MR) is 70.5 cm³/mol. The molecule has 1 aromatic heterocycles. The average Bonchev–Trinajstić information content (AvgIpc) is 2.94.